The van der Waals surface area contributed by atoms with E-state index in [2.05, 4.69) is 55.4 Å². The van der Waals surface area contributed by atoms with Crippen LogP contribution < -0.4 is 0 Å². The molecule has 0 aromatic heterocycles. The monoisotopic (exact) mass is 310 g/mol. The van der Waals surface area contributed by atoms with Crippen LogP contribution in [0.5, 0.6) is 0 Å². The molecule has 0 amide bonds. The van der Waals surface area contributed by atoms with Gasteiger partial charge in [0.15, 0.2) is 0 Å². The van der Waals surface area contributed by atoms with Gasteiger partial charge in [-0.25, -0.2) is 0 Å². The van der Waals surface area contributed by atoms with Gasteiger partial charge in [0.1, 0.15) is 0 Å². The lowest BCUT2D eigenvalue weighted by atomic mass is 9.50. The third-order valence-corrected chi connectivity index (χ3v) is 6.04. The summed E-state index contributed by atoms with van der Waals surface area (Å²) in [6.45, 7) is 19.5. The zero-order chi connectivity index (χ0) is 17.3. The van der Waals surface area contributed by atoms with Crippen LogP contribution in [0.1, 0.15) is 126 Å². The molecule has 0 spiro atoms. The van der Waals surface area contributed by atoms with Crippen molar-refractivity contribution in [3.8, 4) is 0 Å². The summed E-state index contributed by atoms with van der Waals surface area (Å²) >= 11 is 0. The van der Waals surface area contributed by atoms with E-state index in [-0.39, 0.29) is 0 Å². The van der Waals surface area contributed by atoms with E-state index in [0.717, 1.165) is 0 Å². The van der Waals surface area contributed by atoms with Crippen LogP contribution in [0.3, 0.4) is 0 Å². The zero-order valence-corrected chi connectivity index (χ0v) is 17.3. The summed E-state index contributed by atoms with van der Waals surface area (Å²) in [6, 6.07) is 0. The first-order chi connectivity index (χ1) is 10.1. The van der Waals surface area contributed by atoms with Crippen LogP contribution in [0.15, 0.2) is 0 Å². The van der Waals surface area contributed by atoms with Gasteiger partial charge in [0.2, 0.25) is 0 Å². The average molecular weight is 311 g/mol. The van der Waals surface area contributed by atoms with Crippen LogP contribution in [0, 0.1) is 16.2 Å². The summed E-state index contributed by atoms with van der Waals surface area (Å²) in [5, 5.41) is 0. The molecule has 0 rings (SSSR count). The fourth-order valence-electron chi connectivity index (χ4n) is 4.61. The second-order valence-corrected chi connectivity index (χ2v) is 9.56. The van der Waals surface area contributed by atoms with Crippen molar-refractivity contribution in [2.24, 2.45) is 16.2 Å². The molecule has 0 radical (unpaired) electrons. The smallest absolute Gasteiger partial charge is 0.0200 e. The van der Waals surface area contributed by atoms with Crippen molar-refractivity contribution in [1.29, 1.82) is 0 Å². The first-order valence-corrected chi connectivity index (χ1v) is 10.1. The normalized spacial score (nSPS) is 13.6. The Labute approximate surface area is 142 Å². The highest BCUT2D eigenvalue weighted by atomic mass is 14.5. The molecule has 0 aromatic carbocycles. The summed E-state index contributed by atoms with van der Waals surface area (Å²) in [7, 11) is 0. The summed E-state index contributed by atoms with van der Waals surface area (Å²) < 4.78 is 0. The van der Waals surface area contributed by atoms with E-state index >= 15 is 0 Å². The molecule has 0 atom stereocenters. The molecule has 0 heterocycles. The maximum atomic E-state index is 2.48. The molecule has 0 saturated heterocycles. The van der Waals surface area contributed by atoms with Gasteiger partial charge in [0.25, 0.3) is 0 Å². The molecule has 134 valence electrons. The highest BCUT2D eigenvalue weighted by Crippen LogP contribution is 2.57. The summed E-state index contributed by atoms with van der Waals surface area (Å²) in [4.78, 5) is 0. The lowest BCUT2D eigenvalue weighted by Gasteiger charge is -2.55. The Morgan fingerprint density at radius 2 is 0.818 bits per heavy atom. The van der Waals surface area contributed by atoms with Crippen molar-refractivity contribution < 1.29 is 0 Å². The third-order valence-electron chi connectivity index (χ3n) is 6.04. The number of hydrogen-bond donors (Lipinski definition) is 0. The second kappa shape index (κ2) is 9.99. The van der Waals surface area contributed by atoms with Gasteiger partial charge in [-0.1, -0.05) is 113 Å². The molecule has 0 fully saturated rings. The van der Waals surface area contributed by atoms with E-state index in [0.29, 0.717) is 16.2 Å². The number of unbranched alkanes of at least 4 members (excludes halogenated alkanes) is 7. The van der Waals surface area contributed by atoms with Crippen LogP contribution in [-0.4, -0.2) is 0 Å². The van der Waals surface area contributed by atoms with Gasteiger partial charge in [-0.3, -0.25) is 0 Å². The van der Waals surface area contributed by atoms with Crippen LogP contribution in [-0.2, 0) is 0 Å². The molecule has 0 bridgehead atoms. The third kappa shape index (κ3) is 6.63. The first kappa shape index (κ1) is 22.0. The van der Waals surface area contributed by atoms with Crippen LogP contribution in [0.25, 0.3) is 0 Å². The van der Waals surface area contributed by atoms with E-state index in [1.54, 1.807) is 0 Å². The van der Waals surface area contributed by atoms with Gasteiger partial charge >= 0.3 is 0 Å². The topological polar surface area (TPSA) is 0 Å². The van der Waals surface area contributed by atoms with Gasteiger partial charge in [-0.2, -0.15) is 0 Å². The summed E-state index contributed by atoms with van der Waals surface area (Å²) in [6.07, 6.45) is 15.5. The Kier molecular flexibility index (Phi) is 9.99. The van der Waals surface area contributed by atoms with Crippen molar-refractivity contribution in [1.82, 2.24) is 0 Å². The van der Waals surface area contributed by atoms with E-state index in [4.69, 9.17) is 0 Å². The minimum atomic E-state index is 0.391. The second-order valence-electron chi connectivity index (χ2n) is 9.56. The first-order valence-electron chi connectivity index (χ1n) is 10.1. The molecule has 0 aliphatic heterocycles. The molecule has 0 aliphatic carbocycles. The Bertz CT molecular complexity index is 247. The molecule has 0 N–H and O–H groups in total. The van der Waals surface area contributed by atoms with Crippen molar-refractivity contribution in [2.45, 2.75) is 126 Å². The maximum absolute atomic E-state index is 2.48. The molecular formula is C22H46. The lowest BCUT2D eigenvalue weighted by molar-refractivity contribution is -0.0518. The Morgan fingerprint density at radius 1 is 0.455 bits per heavy atom. The van der Waals surface area contributed by atoms with Crippen molar-refractivity contribution >= 4 is 0 Å². The molecular weight excluding hydrogens is 264 g/mol. The van der Waals surface area contributed by atoms with Crippen molar-refractivity contribution in [2.75, 3.05) is 0 Å². The summed E-state index contributed by atoms with van der Waals surface area (Å²) in [5.74, 6) is 0. The van der Waals surface area contributed by atoms with Crippen LogP contribution in [0.2, 0.25) is 0 Å². The molecule has 0 aromatic rings. The minimum absolute atomic E-state index is 0.391. The fourth-order valence-corrected chi connectivity index (χ4v) is 4.61. The number of hydrogen-bond acceptors (Lipinski definition) is 0. The standard InChI is InChI=1S/C22H46/c1-9-11-13-14-15-16-17-19-22(18-12-10-2,20(3,4)5)21(6,7)8/h9-19H2,1-8H3. The van der Waals surface area contributed by atoms with E-state index < -0.39 is 0 Å². The molecule has 0 saturated carbocycles. The van der Waals surface area contributed by atoms with E-state index in [1.807, 2.05) is 0 Å². The van der Waals surface area contributed by atoms with Gasteiger partial charge in [-0.15, -0.1) is 0 Å². The predicted octanol–water partition coefficient (Wildman–Crippen LogP) is 8.40. The van der Waals surface area contributed by atoms with Crippen LogP contribution >= 0.6 is 0 Å². The minimum Gasteiger partial charge on any atom is -0.0654 e. The molecule has 0 unspecified atom stereocenters. The van der Waals surface area contributed by atoms with Crippen LogP contribution in [0.4, 0.5) is 0 Å². The summed E-state index contributed by atoms with van der Waals surface area (Å²) in [5.41, 5.74) is 1.25. The highest BCUT2D eigenvalue weighted by molar-refractivity contribution is 4.98. The predicted molar refractivity (Wildman–Crippen MR) is 103 cm³/mol. The van der Waals surface area contributed by atoms with Crippen molar-refractivity contribution in [3.63, 3.8) is 0 Å². The Morgan fingerprint density at radius 3 is 1.23 bits per heavy atom. The number of rotatable bonds is 11. The Hall–Kier alpha value is 0. The fraction of sp³-hybridized carbons (Fsp3) is 1.00. The molecule has 22 heavy (non-hydrogen) atoms. The maximum Gasteiger partial charge on any atom is -0.0200 e. The average Bonchev–Trinajstić information content (AvgIpc) is 2.38. The van der Waals surface area contributed by atoms with E-state index in [1.165, 1.54) is 70.6 Å². The van der Waals surface area contributed by atoms with Gasteiger partial charge in [0, 0.05) is 0 Å². The van der Waals surface area contributed by atoms with Gasteiger partial charge in [0.05, 0.1) is 0 Å². The van der Waals surface area contributed by atoms with Crippen molar-refractivity contribution in [3.05, 3.63) is 0 Å². The Balaban J connectivity index is 4.66. The molecule has 0 aliphatic rings. The molecule has 0 heteroatoms. The highest BCUT2D eigenvalue weighted by Gasteiger charge is 2.48. The van der Waals surface area contributed by atoms with Gasteiger partial charge in [-0.05, 0) is 29.1 Å². The quantitative estimate of drug-likeness (QED) is 0.336. The molecule has 0 nitrogen and oxygen atoms in total. The lowest BCUT2D eigenvalue weighted by Crippen LogP contribution is -2.46. The van der Waals surface area contributed by atoms with E-state index in [9.17, 15) is 0 Å². The zero-order valence-electron chi connectivity index (χ0n) is 17.3. The van der Waals surface area contributed by atoms with Gasteiger partial charge < -0.3 is 0 Å². The SMILES string of the molecule is CCCCCCCCCC(CCCC)(C(C)(C)C)C(C)(C)C. The largest absolute Gasteiger partial charge is 0.0654 e.